The molecule has 1 unspecified atom stereocenters. The number of unbranched alkanes of at least 4 members (excludes halogenated alkanes) is 1. The highest BCUT2D eigenvalue weighted by Gasteiger charge is 2.23. The van der Waals surface area contributed by atoms with Crippen LogP contribution >= 0.6 is 11.6 Å². The number of hydrogen-bond acceptors (Lipinski definition) is 3. The summed E-state index contributed by atoms with van der Waals surface area (Å²) in [7, 11) is -3.88. The van der Waals surface area contributed by atoms with Crippen molar-refractivity contribution in [1.29, 1.82) is 0 Å². The summed E-state index contributed by atoms with van der Waals surface area (Å²) < 4.78 is 39.3. The minimum atomic E-state index is -3.88. The number of halogens is 2. The van der Waals surface area contributed by atoms with Crippen LogP contribution in [-0.4, -0.2) is 25.5 Å². The van der Waals surface area contributed by atoms with E-state index in [9.17, 15) is 17.6 Å². The molecule has 2 N–H and O–H groups in total. The molecule has 21 heavy (non-hydrogen) atoms. The highest BCUT2D eigenvalue weighted by Crippen LogP contribution is 2.17. The van der Waals surface area contributed by atoms with Crippen LogP contribution in [0.1, 0.15) is 31.7 Å². The van der Waals surface area contributed by atoms with Gasteiger partial charge in [-0.25, -0.2) is 17.5 Å². The van der Waals surface area contributed by atoms with Gasteiger partial charge in [-0.15, -0.1) is 0 Å². The van der Waals surface area contributed by atoms with E-state index in [-0.39, 0.29) is 17.0 Å². The fourth-order valence-corrected chi connectivity index (χ4v) is 3.22. The fraction of sp³-hybridized carbons (Fsp3) is 0.462. The first-order valence-corrected chi connectivity index (χ1v) is 8.45. The molecule has 5 nitrogen and oxygen atoms in total. The summed E-state index contributed by atoms with van der Waals surface area (Å²) in [6.45, 7) is 1.88. The smallest absolute Gasteiger partial charge is 0.321 e. The number of aliphatic carboxylic acids is 1. The van der Waals surface area contributed by atoms with E-state index in [2.05, 4.69) is 4.72 Å². The lowest BCUT2D eigenvalue weighted by atomic mass is 10.1. The van der Waals surface area contributed by atoms with Crippen molar-refractivity contribution in [3.05, 3.63) is 34.6 Å². The normalized spacial score (nSPS) is 13.1. The van der Waals surface area contributed by atoms with Gasteiger partial charge in [-0.3, -0.25) is 4.79 Å². The van der Waals surface area contributed by atoms with Gasteiger partial charge in [0.25, 0.3) is 0 Å². The van der Waals surface area contributed by atoms with Gasteiger partial charge in [0.2, 0.25) is 10.0 Å². The van der Waals surface area contributed by atoms with Crippen LogP contribution in [0.2, 0.25) is 5.02 Å². The second kappa shape index (κ2) is 7.72. The number of hydrogen-bond donors (Lipinski definition) is 2. The van der Waals surface area contributed by atoms with E-state index in [0.29, 0.717) is 6.42 Å². The number of carboxylic acid groups (broad SMARTS) is 1. The van der Waals surface area contributed by atoms with Crippen molar-refractivity contribution >= 4 is 27.6 Å². The first-order chi connectivity index (χ1) is 9.75. The van der Waals surface area contributed by atoms with Crippen LogP contribution in [0.15, 0.2) is 18.2 Å². The molecule has 1 atom stereocenters. The Morgan fingerprint density at radius 3 is 2.67 bits per heavy atom. The molecule has 1 rings (SSSR count). The highest BCUT2D eigenvalue weighted by atomic mass is 35.5. The van der Waals surface area contributed by atoms with E-state index in [1.165, 1.54) is 12.1 Å². The Morgan fingerprint density at radius 2 is 2.14 bits per heavy atom. The zero-order valence-corrected chi connectivity index (χ0v) is 13.0. The summed E-state index contributed by atoms with van der Waals surface area (Å²) in [5.41, 5.74) is 0.198. The van der Waals surface area contributed by atoms with Crippen molar-refractivity contribution in [1.82, 2.24) is 4.72 Å². The third kappa shape index (κ3) is 5.99. The minimum Gasteiger partial charge on any atom is -0.480 e. The molecule has 0 fully saturated rings. The van der Waals surface area contributed by atoms with Crippen LogP contribution in [0, 0.1) is 5.82 Å². The van der Waals surface area contributed by atoms with Crippen LogP contribution in [0.5, 0.6) is 0 Å². The average molecular weight is 338 g/mol. The second-order valence-electron chi connectivity index (χ2n) is 4.66. The van der Waals surface area contributed by atoms with Gasteiger partial charge in [0.15, 0.2) is 0 Å². The maximum Gasteiger partial charge on any atom is 0.321 e. The molecule has 0 bridgehead atoms. The maximum absolute atomic E-state index is 13.3. The number of sulfonamides is 1. The van der Waals surface area contributed by atoms with E-state index in [0.717, 1.165) is 12.5 Å². The predicted molar refractivity (Wildman–Crippen MR) is 78.1 cm³/mol. The third-order valence-electron chi connectivity index (χ3n) is 2.81. The number of carboxylic acids is 1. The van der Waals surface area contributed by atoms with Gasteiger partial charge in [0.05, 0.1) is 10.8 Å². The molecule has 0 saturated carbocycles. The zero-order chi connectivity index (χ0) is 16.0. The zero-order valence-electron chi connectivity index (χ0n) is 11.5. The lowest BCUT2D eigenvalue weighted by Gasteiger charge is -2.14. The predicted octanol–water partition coefficient (Wildman–Crippen LogP) is 2.54. The molecule has 118 valence electrons. The Hall–Kier alpha value is -1.18. The van der Waals surface area contributed by atoms with Crippen LogP contribution in [0.3, 0.4) is 0 Å². The van der Waals surface area contributed by atoms with E-state index in [1.807, 2.05) is 6.92 Å². The van der Waals surface area contributed by atoms with Gasteiger partial charge < -0.3 is 5.11 Å². The largest absolute Gasteiger partial charge is 0.480 e. The molecular formula is C13H17ClFNO4S. The Bertz CT molecular complexity index is 606. The van der Waals surface area contributed by atoms with Gasteiger partial charge in [0, 0.05) is 0 Å². The number of benzene rings is 1. The minimum absolute atomic E-state index is 0.101. The molecule has 0 radical (unpaired) electrons. The second-order valence-corrected chi connectivity index (χ2v) is 6.82. The lowest BCUT2D eigenvalue weighted by Crippen LogP contribution is -2.41. The fourth-order valence-electron chi connectivity index (χ4n) is 1.75. The molecule has 0 spiro atoms. The topological polar surface area (TPSA) is 83.5 Å². The molecule has 1 aromatic rings. The van der Waals surface area contributed by atoms with Crippen molar-refractivity contribution in [2.45, 2.75) is 38.0 Å². The number of rotatable bonds is 8. The maximum atomic E-state index is 13.3. The monoisotopic (exact) mass is 337 g/mol. The molecule has 0 aromatic heterocycles. The summed E-state index contributed by atoms with van der Waals surface area (Å²) in [5, 5.41) is 8.90. The molecule has 1 aromatic carbocycles. The van der Waals surface area contributed by atoms with Crippen molar-refractivity contribution < 1.29 is 22.7 Å². The molecule has 0 saturated heterocycles. The van der Waals surface area contributed by atoms with E-state index in [4.69, 9.17) is 16.7 Å². The lowest BCUT2D eigenvalue weighted by molar-refractivity contribution is -0.139. The van der Waals surface area contributed by atoms with Crippen LogP contribution < -0.4 is 4.72 Å². The van der Waals surface area contributed by atoms with E-state index >= 15 is 0 Å². The van der Waals surface area contributed by atoms with Gasteiger partial charge in [-0.1, -0.05) is 37.4 Å². The summed E-state index contributed by atoms with van der Waals surface area (Å²) in [6, 6.07) is 2.48. The quantitative estimate of drug-likeness (QED) is 0.763. The molecule has 0 aliphatic carbocycles. The van der Waals surface area contributed by atoms with Crippen molar-refractivity contribution in [3.8, 4) is 0 Å². The highest BCUT2D eigenvalue weighted by molar-refractivity contribution is 7.88. The van der Waals surface area contributed by atoms with Gasteiger partial charge >= 0.3 is 5.97 Å². The molecule has 0 amide bonds. The van der Waals surface area contributed by atoms with Crippen LogP contribution in [0.25, 0.3) is 0 Å². The number of nitrogens with one attached hydrogen (secondary N) is 1. The summed E-state index contributed by atoms with van der Waals surface area (Å²) in [5.74, 6) is -2.45. The van der Waals surface area contributed by atoms with Crippen LogP contribution in [0.4, 0.5) is 4.39 Å². The Morgan fingerprint density at radius 1 is 1.48 bits per heavy atom. The summed E-state index contributed by atoms with van der Waals surface area (Å²) in [6.07, 6.45) is 1.56. The number of carbonyl (C=O) groups is 1. The van der Waals surface area contributed by atoms with Crippen molar-refractivity contribution in [3.63, 3.8) is 0 Å². The third-order valence-corrected chi connectivity index (χ3v) is 4.47. The molecule has 8 heteroatoms. The van der Waals surface area contributed by atoms with E-state index < -0.39 is 33.6 Å². The first-order valence-electron chi connectivity index (χ1n) is 6.42. The SMILES string of the molecule is CCCCC(NS(=O)(=O)Cc1ccc(Cl)c(F)c1)C(=O)O. The van der Waals surface area contributed by atoms with E-state index in [1.54, 1.807) is 0 Å². The van der Waals surface area contributed by atoms with Gasteiger partial charge in [-0.05, 0) is 24.1 Å². The Labute approximate surface area is 128 Å². The standard InChI is InChI=1S/C13H17ClFNO4S/c1-2-3-4-12(13(17)18)16-21(19,20)8-9-5-6-10(14)11(15)7-9/h5-7,12,16H,2-4,8H2,1H3,(H,17,18). The molecule has 0 aliphatic heterocycles. The van der Waals surface area contributed by atoms with Gasteiger partial charge in [-0.2, -0.15) is 0 Å². The first kappa shape index (κ1) is 17.9. The van der Waals surface area contributed by atoms with Crippen LogP contribution in [-0.2, 0) is 20.6 Å². The molecule has 0 heterocycles. The summed E-state index contributed by atoms with van der Waals surface area (Å²) >= 11 is 5.52. The Balaban J connectivity index is 2.79. The average Bonchev–Trinajstić information content (AvgIpc) is 2.38. The van der Waals surface area contributed by atoms with Crippen molar-refractivity contribution in [2.75, 3.05) is 0 Å². The summed E-state index contributed by atoms with van der Waals surface area (Å²) in [4.78, 5) is 11.0. The van der Waals surface area contributed by atoms with Crippen molar-refractivity contribution in [2.24, 2.45) is 0 Å². The molecule has 0 aliphatic rings. The molecular weight excluding hydrogens is 321 g/mol. The van der Waals surface area contributed by atoms with Gasteiger partial charge in [0.1, 0.15) is 11.9 Å². The Kier molecular flexibility index (Phi) is 6.57.